The molecule has 3 nitrogen and oxygen atoms in total. The monoisotopic (exact) mass is 295 g/mol. The molecule has 1 saturated carbocycles. The quantitative estimate of drug-likeness (QED) is 0.801. The third-order valence-corrected chi connectivity index (χ3v) is 5.39. The van der Waals surface area contributed by atoms with Gasteiger partial charge in [-0.3, -0.25) is 0 Å². The van der Waals surface area contributed by atoms with Gasteiger partial charge in [-0.25, -0.2) is 9.97 Å². The molecule has 102 valence electrons. The normalized spacial score (nSPS) is 18.7. The predicted octanol–water partition coefficient (Wildman–Crippen LogP) is 3.94. The lowest BCUT2D eigenvalue weighted by molar-refractivity contribution is 0.635. The zero-order chi connectivity index (χ0) is 13.6. The molecule has 1 unspecified atom stereocenters. The summed E-state index contributed by atoms with van der Waals surface area (Å²) in [5, 5.41) is -0.0906. The molecule has 1 aliphatic rings. The molecule has 0 bridgehead atoms. The molecule has 1 aliphatic carbocycles. The standard InChI is InChI=1S/C14H18ClN3S/c1-9-6-11-13(16-7-9)18(12(17-11)10(2)15)8-14(19-3)4-5-14/h6-7,10H,4-5,8H2,1-3H3. The van der Waals surface area contributed by atoms with Gasteiger partial charge in [0.05, 0.1) is 5.38 Å². The first-order chi connectivity index (χ1) is 9.04. The number of hydrogen-bond donors (Lipinski definition) is 0. The maximum atomic E-state index is 6.29. The molecule has 0 saturated heterocycles. The summed E-state index contributed by atoms with van der Waals surface area (Å²) in [5.41, 5.74) is 3.06. The fourth-order valence-corrected chi connectivity index (χ4v) is 3.38. The molecule has 0 amide bonds. The van der Waals surface area contributed by atoms with Gasteiger partial charge in [0, 0.05) is 17.5 Å². The summed E-state index contributed by atoms with van der Waals surface area (Å²) < 4.78 is 2.59. The van der Waals surface area contributed by atoms with Crippen molar-refractivity contribution in [3.63, 3.8) is 0 Å². The van der Waals surface area contributed by atoms with Crippen LogP contribution in [0.1, 0.15) is 36.5 Å². The highest BCUT2D eigenvalue weighted by atomic mass is 35.5. The van der Waals surface area contributed by atoms with Crippen LogP contribution >= 0.6 is 23.4 Å². The second kappa shape index (κ2) is 4.67. The first kappa shape index (κ1) is 13.3. The summed E-state index contributed by atoms with van der Waals surface area (Å²) in [4.78, 5) is 9.24. The third kappa shape index (κ3) is 2.36. The van der Waals surface area contributed by atoms with E-state index < -0.39 is 0 Å². The van der Waals surface area contributed by atoms with E-state index in [0.717, 1.165) is 29.1 Å². The van der Waals surface area contributed by atoms with Crippen molar-refractivity contribution in [1.82, 2.24) is 14.5 Å². The molecule has 0 spiro atoms. The molecule has 0 N–H and O–H groups in total. The maximum Gasteiger partial charge on any atom is 0.160 e. The van der Waals surface area contributed by atoms with Gasteiger partial charge in [-0.1, -0.05) is 0 Å². The number of nitrogens with zero attached hydrogens (tertiary/aromatic N) is 3. The number of fused-ring (bicyclic) bond motifs is 1. The molecule has 0 radical (unpaired) electrons. The zero-order valence-electron chi connectivity index (χ0n) is 11.5. The largest absolute Gasteiger partial charge is 0.310 e. The van der Waals surface area contributed by atoms with Crippen molar-refractivity contribution in [2.24, 2.45) is 0 Å². The Balaban J connectivity index is 2.11. The molecule has 3 rings (SSSR count). The Labute approximate surface area is 122 Å². The van der Waals surface area contributed by atoms with E-state index in [1.807, 2.05) is 31.8 Å². The molecular weight excluding hydrogens is 278 g/mol. The van der Waals surface area contributed by atoms with Crippen LogP contribution in [0, 0.1) is 6.92 Å². The number of halogens is 1. The maximum absolute atomic E-state index is 6.29. The van der Waals surface area contributed by atoms with E-state index in [4.69, 9.17) is 11.6 Å². The smallest absolute Gasteiger partial charge is 0.160 e. The minimum Gasteiger partial charge on any atom is -0.310 e. The minimum atomic E-state index is -0.0906. The van der Waals surface area contributed by atoms with Crippen LogP contribution in [0.5, 0.6) is 0 Å². The van der Waals surface area contributed by atoms with Gasteiger partial charge in [-0.2, -0.15) is 11.8 Å². The average molecular weight is 296 g/mol. The number of aromatic nitrogens is 3. The van der Waals surface area contributed by atoms with Crippen LogP contribution in [0.25, 0.3) is 11.2 Å². The van der Waals surface area contributed by atoms with Crippen LogP contribution in [0.3, 0.4) is 0 Å². The van der Waals surface area contributed by atoms with E-state index >= 15 is 0 Å². The number of aryl methyl sites for hydroxylation is 1. The van der Waals surface area contributed by atoms with Gasteiger partial charge < -0.3 is 4.57 Å². The van der Waals surface area contributed by atoms with E-state index in [2.05, 4.69) is 26.9 Å². The molecule has 0 aliphatic heterocycles. The fraction of sp³-hybridized carbons (Fsp3) is 0.571. The van der Waals surface area contributed by atoms with Gasteiger partial charge in [-0.15, -0.1) is 11.6 Å². The molecule has 19 heavy (non-hydrogen) atoms. The van der Waals surface area contributed by atoms with E-state index in [9.17, 15) is 0 Å². The number of imidazole rings is 1. The highest BCUT2D eigenvalue weighted by Crippen LogP contribution is 2.49. The highest BCUT2D eigenvalue weighted by molar-refractivity contribution is 8.00. The molecule has 0 aromatic carbocycles. The second-order valence-electron chi connectivity index (χ2n) is 5.41. The average Bonchev–Trinajstić information content (AvgIpc) is 3.06. The number of rotatable bonds is 4. The third-order valence-electron chi connectivity index (χ3n) is 3.79. The van der Waals surface area contributed by atoms with Crippen LogP contribution in [0.2, 0.25) is 0 Å². The van der Waals surface area contributed by atoms with Gasteiger partial charge in [-0.05, 0) is 44.6 Å². The van der Waals surface area contributed by atoms with Gasteiger partial charge in [0.2, 0.25) is 0 Å². The lowest BCUT2D eigenvalue weighted by Crippen LogP contribution is -2.16. The van der Waals surface area contributed by atoms with Crippen LogP contribution in [0.15, 0.2) is 12.3 Å². The van der Waals surface area contributed by atoms with Crippen LogP contribution in [0.4, 0.5) is 0 Å². The molecule has 1 atom stereocenters. The Hall–Kier alpha value is -0.740. The Morgan fingerprint density at radius 1 is 1.53 bits per heavy atom. The molecule has 2 aromatic heterocycles. The van der Waals surface area contributed by atoms with E-state index in [0.29, 0.717) is 4.75 Å². The number of hydrogen-bond acceptors (Lipinski definition) is 3. The summed E-state index contributed by atoms with van der Waals surface area (Å²) >= 11 is 8.24. The summed E-state index contributed by atoms with van der Waals surface area (Å²) in [5.74, 6) is 0.940. The Bertz CT molecular complexity index is 616. The summed E-state index contributed by atoms with van der Waals surface area (Å²) in [7, 11) is 0. The van der Waals surface area contributed by atoms with E-state index in [1.54, 1.807) is 0 Å². The highest BCUT2D eigenvalue weighted by Gasteiger charge is 2.43. The number of thioether (sulfide) groups is 1. The summed E-state index contributed by atoms with van der Waals surface area (Å²) in [6.45, 7) is 4.98. The van der Waals surface area contributed by atoms with Crippen molar-refractivity contribution in [3.8, 4) is 0 Å². The SMILES string of the molecule is CSC1(Cn2c(C(C)Cl)nc3cc(C)cnc32)CC1. The van der Waals surface area contributed by atoms with Gasteiger partial charge in [0.15, 0.2) is 5.65 Å². The lowest BCUT2D eigenvalue weighted by atomic mass is 10.3. The first-order valence-electron chi connectivity index (χ1n) is 6.57. The molecular formula is C14H18ClN3S. The molecule has 2 heterocycles. The summed E-state index contributed by atoms with van der Waals surface area (Å²) in [6, 6.07) is 2.08. The van der Waals surface area contributed by atoms with Gasteiger partial charge in [0.25, 0.3) is 0 Å². The fourth-order valence-electron chi connectivity index (χ4n) is 2.44. The zero-order valence-corrected chi connectivity index (χ0v) is 13.1. The van der Waals surface area contributed by atoms with Crippen molar-refractivity contribution >= 4 is 34.5 Å². The lowest BCUT2D eigenvalue weighted by Gasteiger charge is -2.16. The van der Waals surface area contributed by atoms with Crippen molar-refractivity contribution < 1.29 is 0 Å². The minimum absolute atomic E-state index is 0.0906. The number of pyridine rings is 1. The van der Waals surface area contributed by atoms with Crippen LogP contribution < -0.4 is 0 Å². The second-order valence-corrected chi connectivity index (χ2v) is 7.34. The topological polar surface area (TPSA) is 30.7 Å². The Morgan fingerprint density at radius 2 is 2.26 bits per heavy atom. The summed E-state index contributed by atoms with van der Waals surface area (Å²) in [6.07, 6.45) is 6.64. The molecule has 5 heteroatoms. The van der Waals surface area contributed by atoms with Crippen molar-refractivity contribution in [1.29, 1.82) is 0 Å². The Kier molecular flexibility index (Phi) is 3.26. The number of alkyl halides is 1. The van der Waals surface area contributed by atoms with Crippen molar-refractivity contribution in [2.45, 2.75) is 43.4 Å². The van der Waals surface area contributed by atoms with Crippen molar-refractivity contribution in [2.75, 3.05) is 6.26 Å². The van der Waals surface area contributed by atoms with Crippen molar-refractivity contribution in [3.05, 3.63) is 23.7 Å². The Morgan fingerprint density at radius 3 is 2.84 bits per heavy atom. The molecule has 2 aromatic rings. The van der Waals surface area contributed by atoms with Gasteiger partial charge >= 0.3 is 0 Å². The predicted molar refractivity (Wildman–Crippen MR) is 82.0 cm³/mol. The first-order valence-corrected chi connectivity index (χ1v) is 8.23. The van der Waals surface area contributed by atoms with Crippen LogP contribution in [-0.4, -0.2) is 25.5 Å². The molecule has 1 fully saturated rings. The van der Waals surface area contributed by atoms with E-state index in [-0.39, 0.29) is 5.38 Å². The van der Waals surface area contributed by atoms with Gasteiger partial charge in [0.1, 0.15) is 11.3 Å². The van der Waals surface area contributed by atoms with E-state index in [1.165, 1.54) is 12.8 Å². The van der Waals surface area contributed by atoms with Crippen LogP contribution in [-0.2, 0) is 6.54 Å².